The lowest BCUT2D eigenvalue weighted by atomic mass is 10.2. The van der Waals surface area contributed by atoms with Crippen molar-refractivity contribution in [3.05, 3.63) is 78.0 Å². The highest BCUT2D eigenvalue weighted by molar-refractivity contribution is 6.04. The van der Waals surface area contributed by atoms with E-state index in [4.69, 9.17) is 4.42 Å². The van der Waals surface area contributed by atoms with Crippen molar-refractivity contribution in [3.63, 3.8) is 0 Å². The highest BCUT2D eigenvalue weighted by Gasteiger charge is 2.10. The van der Waals surface area contributed by atoms with Gasteiger partial charge in [-0.3, -0.25) is 9.59 Å². The summed E-state index contributed by atoms with van der Waals surface area (Å²) in [7, 11) is 0. The molecule has 2 aromatic heterocycles. The van der Waals surface area contributed by atoms with Gasteiger partial charge >= 0.3 is 0 Å². The van der Waals surface area contributed by atoms with Gasteiger partial charge in [-0.05, 0) is 55.5 Å². The van der Waals surface area contributed by atoms with Gasteiger partial charge in [0, 0.05) is 17.1 Å². The molecule has 6 heteroatoms. The number of aromatic nitrogens is 1. The number of benzene rings is 1. The fourth-order valence-electron chi connectivity index (χ4n) is 2.10. The molecule has 0 unspecified atom stereocenters. The van der Waals surface area contributed by atoms with E-state index >= 15 is 0 Å². The van der Waals surface area contributed by atoms with Gasteiger partial charge in [-0.25, -0.2) is 4.98 Å². The lowest BCUT2D eigenvalue weighted by molar-refractivity contribution is 0.0994. The standard InChI is InChI=1S/C18H15N3O3/c1-12-4-2-5-15(19-12)17(22)20-13-7-9-14(10-8-13)21-18(23)16-6-3-11-24-16/h2-11H,1H3,(H,20,22)(H,21,23). The first kappa shape index (κ1) is 15.5. The maximum atomic E-state index is 12.1. The van der Waals surface area contributed by atoms with Crippen LogP contribution in [0.4, 0.5) is 11.4 Å². The van der Waals surface area contributed by atoms with E-state index in [1.54, 1.807) is 48.5 Å². The second-order valence-corrected chi connectivity index (χ2v) is 5.13. The van der Waals surface area contributed by atoms with E-state index in [9.17, 15) is 9.59 Å². The monoisotopic (exact) mass is 321 g/mol. The third kappa shape index (κ3) is 3.67. The zero-order valence-corrected chi connectivity index (χ0v) is 12.9. The molecule has 2 amide bonds. The largest absolute Gasteiger partial charge is 0.459 e. The number of carbonyl (C=O) groups excluding carboxylic acids is 2. The summed E-state index contributed by atoms with van der Waals surface area (Å²) >= 11 is 0. The minimum Gasteiger partial charge on any atom is -0.459 e. The SMILES string of the molecule is Cc1cccc(C(=O)Nc2ccc(NC(=O)c3ccco3)cc2)n1. The van der Waals surface area contributed by atoms with Crippen molar-refractivity contribution in [2.45, 2.75) is 6.92 Å². The first-order valence-electron chi connectivity index (χ1n) is 7.32. The van der Waals surface area contributed by atoms with Gasteiger partial charge in [0.05, 0.1) is 6.26 Å². The molecular weight excluding hydrogens is 306 g/mol. The molecule has 6 nitrogen and oxygen atoms in total. The first-order chi connectivity index (χ1) is 11.6. The normalized spacial score (nSPS) is 10.2. The molecular formula is C18H15N3O3. The second kappa shape index (κ2) is 6.78. The third-order valence-corrected chi connectivity index (χ3v) is 3.27. The quantitative estimate of drug-likeness (QED) is 0.770. The van der Waals surface area contributed by atoms with Gasteiger partial charge in [-0.1, -0.05) is 6.07 Å². The average molecular weight is 321 g/mol. The fraction of sp³-hybridized carbons (Fsp3) is 0.0556. The van der Waals surface area contributed by atoms with Crippen LogP contribution in [0.15, 0.2) is 65.3 Å². The molecule has 0 fully saturated rings. The Labute approximate surface area is 138 Å². The molecule has 2 heterocycles. The van der Waals surface area contributed by atoms with Crippen LogP contribution in [0.2, 0.25) is 0 Å². The van der Waals surface area contributed by atoms with Crippen LogP contribution in [-0.2, 0) is 0 Å². The number of rotatable bonds is 4. The summed E-state index contributed by atoms with van der Waals surface area (Å²) in [5, 5.41) is 5.47. The van der Waals surface area contributed by atoms with Gasteiger partial charge < -0.3 is 15.1 Å². The summed E-state index contributed by atoms with van der Waals surface area (Å²) in [4.78, 5) is 28.2. The van der Waals surface area contributed by atoms with E-state index in [1.807, 2.05) is 13.0 Å². The van der Waals surface area contributed by atoms with Gasteiger partial charge in [-0.15, -0.1) is 0 Å². The molecule has 0 saturated heterocycles. The molecule has 0 aliphatic carbocycles. The highest BCUT2D eigenvalue weighted by atomic mass is 16.3. The Hall–Kier alpha value is -3.41. The van der Waals surface area contributed by atoms with Crippen LogP contribution < -0.4 is 10.6 Å². The number of carbonyl (C=O) groups is 2. The molecule has 3 rings (SSSR count). The number of amides is 2. The van der Waals surface area contributed by atoms with Crippen LogP contribution in [0.25, 0.3) is 0 Å². The Morgan fingerprint density at radius 1 is 0.875 bits per heavy atom. The molecule has 0 atom stereocenters. The maximum absolute atomic E-state index is 12.1. The molecule has 0 bridgehead atoms. The van der Waals surface area contributed by atoms with E-state index in [1.165, 1.54) is 6.26 Å². The van der Waals surface area contributed by atoms with Crippen LogP contribution in [0.5, 0.6) is 0 Å². The van der Waals surface area contributed by atoms with Crippen LogP contribution in [-0.4, -0.2) is 16.8 Å². The van der Waals surface area contributed by atoms with Crippen LogP contribution >= 0.6 is 0 Å². The molecule has 120 valence electrons. The Morgan fingerprint density at radius 2 is 1.54 bits per heavy atom. The summed E-state index contributed by atoms with van der Waals surface area (Å²) in [6.45, 7) is 1.83. The Balaban J connectivity index is 1.64. The van der Waals surface area contributed by atoms with Gasteiger partial charge in [0.15, 0.2) is 5.76 Å². The first-order valence-corrected chi connectivity index (χ1v) is 7.32. The van der Waals surface area contributed by atoms with Crippen molar-refractivity contribution in [2.24, 2.45) is 0 Å². The number of nitrogens with one attached hydrogen (secondary N) is 2. The molecule has 0 spiro atoms. The smallest absolute Gasteiger partial charge is 0.291 e. The molecule has 2 N–H and O–H groups in total. The summed E-state index contributed by atoms with van der Waals surface area (Å²) in [6, 6.07) is 15.3. The number of furan rings is 1. The molecule has 24 heavy (non-hydrogen) atoms. The van der Waals surface area contributed by atoms with Gasteiger partial charge in [-0.2, -0.15) is 0 Å². The summed E-state index contributed by atoms with van der Waals surface area (Å²) in [5.74, 6) is -0.385. The predicted octanol–water partition coefficient (Wildman–Crippen LogP) is 3.49. The van der Waals surface area contributed by atoms with Crippen LogP contribution in [0, 0.1) is 6.92 Å². The van der Waals surface area contributed by atoms with Crippen LogP contribution in [0.1, 0.15) is 26.7 Å². The second-order valence-electron chi connectivity index (χ2n) is 5.13. The third-order valence-electron chi connectivity index (χ3n) is 3.27. The highest BCUT2D eigenvalue weighted by Crippen LogP contribution is 2.15. The lowest BCUT2D eigenvalue weighted by Gasteiger charge is -2.07. The molecule has 0 saturated carbocycles. The maximum Gasteiger partial charge on any atom is 0.291 e. The van der Waals surface area contributed by atoms with Crippen molar-refractivity contribution < 1.29 is 14.0 Å². The lowest BCUT2D eigenvalue weighted by Crippen LogP contribution is -2.14. The Kier molecular flexibility index (Phi) is 4.38. The number of nitrogens with zero attached hydrogens (tertiary/aromatic N) is 1. The number of aryl methyl sites for hydroxylation is 1. The van der Waals surface area contributed by atoms with E-state index < -0.39 is 0 Å². The van der Waals surface area contributed by atoms with E-state index in [2.05, 4.69) is 15.6 Å². The molecule has 0 radical (unpaired) electrons. The van der Waals surface area contributed by atoms with Gasteiger partial charge in [0.1, 0.15) is 5.69 Å². The van der Waals surface area contributed by atoms with Crippen molar-refractivity contribution >= 4 is 23.2 Å². The fourth-order valence-corrected chi connectivity index (χ4v) is 2.10. The average Bonchev–Trinajstić information content (AvgIpc) is 3.11. The zero-order chi connectivity index (χ0) is 16.9. The van der Waals surface area contributed by atoms with E-state index in [-0.39, 0.29) is 17.6 Å². The van der Waals surface area contributed by atoms with Crippen molar-refractivity contribution in [1.29, 1.82) is 0 Å². The van der Waals surface area contributed by atoms with E-state index in [0.29, 0.717) is 17.1 Å². The van der Waals surface area contributed by atoms with Gasteiger partial charge in [0.25, 0.3) is 11.8 Å². The van der Waals surface area contributed by atoms with Gasteiger partial charge in [0.2, 0.25) is 0 Å². The molecule has 3 aromatic rings. The minimum absolute atomic E-state index is 0.234. The van der Waals surface area contributed by atoms with Crippen LogP contribution in [0.3, 0.4) is 0 Å². The Morgan fingerprint density at radius 3 is 2.12 bits per heavy atom. The predicted molar refractivity (Wildman–Crippen MR) is 90.0 cm³/mol. The number of hydrogen-bond acceptors (Lipinski definition) is 4. The van der Waals surface area contributed by atoms with Crippen molar-refractivity contribution in [1.82, 2.24) is 4.98 Å². The number of pyridine rings is 1. The number of hydrogen-bond donors (Lipinski definition) is 2. The van der Waals surface area contributed by atoms with Crippen molar-refractivity contribution in [2.75, 3.05) is 10.6 Å². The zero-order valence-electron chi connectivity index (χ0n) is 12.9. The van der Waals surface area contributed by atoms with E-state index in [0.717, 1.165) is 5.69 Å². The Bertz CT molecular complexity index is 855. The topological polar surface area (TPSA) is 84.2 Å². The number of anilines is 2. The molecule has 0 aliphatic rings. The summed E-state index contributed by atoms with van der Waals surface area (Å²) < 4.78 is 5.03. The van der Waals surface area contributed by atoms with Crippen molar-refractivity contribution in [3.8, 4) is 0 Å². The summed E-state index contributed by atoms with van der Waals surface area (Å²) in [6.07, 6.45) is 1.44. The summed E-state index contributed by atoms with van der Waals surface area (Å²) in [5.41, 5.74) is 2.34. The molecule has 0 aliphatic heterocycles. The molecule has 1 aromatic carbocycles. The minimum atomic E-state index is -0.333.